The first-order valence-electron chi connectivity index (χ1n) is 3.85. The molecule has 0 amide bonds. The molecule has 0 spiro atoms. The molecule has 1 aromatic heterocycles. The van der Waals surface area contributed by atoms with Gasteiger partial charge in [0.1, 0.15) is 12.1 Å². The van der Waals surface area contributed by atoms with E-state index in [-0.39, 0.29) is 0 Å². The molecule has 1 aromatic rings. The minimum absolute atomic E-state index is 0.444. The topological polar surface area (TPSA) is 49.0 Å². The van der Waals surface area contributed by atoms with Crippen LogP contribution in [0.15, 0.2) is 6.20 Å². The van der Waals surface area contributed by atoms with E-state index in [2.05, 4.69) is 9.97 Å². The van der Waals surface area contributed by atoms with Gasteiger partial charge in [0, 0.05) is 11.9 Å². The maximum Gasteiger partial charge on any atom is 0.133 e. The molecule has 12 heavy (non-hydrogen) atoms. The molecule has 0 bridgehead atoms. The average Bonchev–Trinajstić information content (AvgIpc) is 2.36. The van der Waals surface area contributed by atoms with Crippen molar-refractivity contribution in [1.29, 1.82) is 0 Å². The molecule has 0 aromatic carbocycles. The second-order valence-corrected chi connectivity index (χ2v) is 2.88. The van der Waals surface area contributed by atoms with Crippen LogP contribution in [-0.2, 0) is 11.3 Å². The van der Waals surface area contributed by atoms with Crippen LogP contribution in [0.5, 0.6) is 0 Å². The molecule has 1 N–H and O–H groups in total. The second-order valence-electron chi connectivity index (χ2n) is 2.88. The second kappa shape index (κ2) is 4.01. The molecule has 0 aliphatic carbocycles. The lowest BCUT2D eigenvalue weighted by Gasteiger charge is -2.09. The predicted octanol–water partition coefficient (Wildman–Crippen LogP) is 0.349. The number of carbonyl (C=O) groups is 1. The highest BCUT2D eigenvalue weighted by Crippen LogP contribution is 1.97. The van der Waals surface area contributed by atoms with Gasteiger partial charge >= 0.3 is 0 Å². The van der Waals surface area contributed by atoms with Crippen LogP contribution in [0.2, 0.25) is 0 Å². The molecule has 4 heteroatoms. The Morgan fingerprint density at radius 2 is 2.50 bits per heavy atom. The maximum absolute atomic E-state index is 10.1. The minimum atomic E-state index is 0.444. The summed E-state index contributed by atoms with van der Waals surface area (Å²) in [6.45, 7) is 3.09. The average molecular weight is 167 g/mol. The summed E-state index contributed by atoms with van der Waals surface area (Å²) in [6.07, 6.45) is 2.67. The zero-order valence-electron chi connectivity index (χ0n) is 7.37. The summed E-state index contributed by atoms with van der Waals surface area (Å²) in [5, 5.41) is 0. The Kier molecular flexibility index (Phi) is 2.99. The molecule has 1 rings (SSSR count). The lowest BCUT2D eigenvalue weighted by atomic mass is 10.5. The first-order valence-corrected chi connectivity index (χ1v) is 3.85. The molecule has 0 saturated heterocycles. The van der Waals surface area contributed by atoms with Crippen LogP contribution in [-0.4, -0.2) is 34.7 Å². The molecule has 0 unspecified atom stereocenters. The molecule has 0 fully saturated rings. The van der Waals surface area contributed by atoms with Gasteiger partial charge in [0.2, 0.25) is 0 Å². The normalized spacial score (nSPS) is 10.6. The van der Waals surface area contributed by atoms with Crippen LogP contribution < -0.4 is 0 Å². The molecular formula is C8H13N3O. The quantitative estimate of drug-likeness (QED) is 0.658. The van der Waals surface area contributed by atoms with Gasteiger partial charge in [-0.2, -0.15) is 0 Å². The molecule has 4 nitrogen and oxygen atoms in total. The van der Waals surface area contributed by atoms with Gasteiger partial charge in [0.05, 0.1) is 13.1 Å². The third-order valence-electron chi connectivity index (χ3n) is 1.56. The van der Waals surface area contributed by atoms with Crippen LogP contribution in [0.4, 0.5) is 0 Å². The van der Waals surface area contributed by atoms with E-state index in [9.17, 15) is 4.79 Å². The van der Waals surface area contributed by atoms with E-state index in [4.69, 9.17) is 0 Å². The standard InChI is InChI=1S/C8H13N3O/c1-7-5-9-8(10-7)6-11(2)3-4-12/h4-5H,3,6H2,1-2H3,(H,9,10). The number of aromatic nitrogens is 2. The highest BCUT2D eigenvalue weighted by atomic mass is 16.1. The lowest BCUT2D eigenvalue weighted by molar-refractivity contribution is -0.108. The van der Waals surface area contributed by atoms with Gasteiger partial charge in [-0.25, -0.2) is 4.98 Å². The molecule has 0 atom stereocenters. The van der Waals surface area contributed by atoms with Crippen LogP contribution in [0.1, 0.15) is 11.5 Å². The van der Waals surface area contributed by atoms with Crippen molar-refractivity contribution in [2.75, 3.05) is 13.6 Å². The van der Waals surface area contributed by atoms with Crippen LogP contribution in [0.25, 0.3) is 0 Å². The SMILES string of the molecule is Cc1cnc(CN(C)CC=O)[nH]1. The highest BCUT2D eigenvalue weighted by molar-refractivity contribution is 5.51. The Balaban J connectivity index is 2.46. The number of aromatic amines is 1. The molecule has 0 saturated carbocycles. The van der Waals surface area contributed by atoms with Gasteiger partial charge in [-0.15, -0.1) is 0 Å². The number of carbonyl (C=O) groups excluding carboxylic acids is 1. The number of aryl methyl sites for hydroxylation is 1. The molecule has 1 heterocycles. The van der Waals surface area contributed by atoms with Crippen molar-refractivity contribution >= 4 is 6.29 Å². The van der Waals surface area contributed by atoms with Gasteiger partial charge in [-0.3, -0.25) is 4.90 Å². The predicted molar refractivity (Wildman–Crippen MR) is 45.7 cm³/mol. The maximum atomic E-state index is 10.1. The number of nitrogens with zero attached hydrogens (tertiary/aromatic N) is 2. The van der Waals surface area contributed by atoms with E-state index in [0.29, 0.717) is 13.1 Å². The van der Waals surface area contributed by atoms with E-state index in [1.807, 2.05) is 18.9 Å². The number of hydrogen-bond donors (Lipinski definition) is 1. The zero-order valence-corrected chi connectivity index (χ0v) is 7.37. The summed E-state index contributed by atoms with van der Waals surface area (Å²) in [6, 6.07) is 0. The number of likely N-dealkylation sites (N-methyl/N-ethyl adjacent to an activating group) is 1. The van der Waals surface area contributed by atoms with E-state index >= 15 is 0 Å². The molecule has 0 radical (unpaired) electrons. The van der Waals surface area contributed by atoms with Crippen LogP contribution in [0, 0.1) is 6.92 Å². The Labute approximate surface area is 71.6 Å². The summed E-state index contributed by atoms with van der Waals surface area (Å²) in [5.74, 6) is 0.900. The number of nitrogens with one attached hydrogen (secondary N) is 1. The fourth-order valence-corrected chi connectivity index (χ4v) is 0.995. The van der Waals surface area contributed by atoms with Crippen molar-refractivity contribution < 1.29 is 4.79 Å². The van der Waals surface area contributed by atoms with Gasteiger partial charge in [0.25, 0.3) is 0 Å². The molecule has 66 valence electrons. The van der Waals surface area contributed by atoms with E-state index in [1.54, 1.807) is 6.20 Å². The summed E-state index contributed by atoms with van der Waals surface area (Å²) in [4.78, 5) is 19.3. The molecule has 0 aliphatic heterocycles. The smallest absolute Gasteiger partial charge is 0.133 e. The van der Waals surface area contributed by atoms with Gasteiger partial charge < -0.3 is 9.78 Å². The fraction of sp³-hybridized carbons (Fsp3) is 0.500. The largest absolute Gasteiger partial charge is 0.345 e. The summed E-state index contributed by atoms with van der Waals surface area (Å²) < 4.78 is 0. The van der Waals surface area contributed by atoms with Crippen molar-refractivity contribution in [1.82, 2.24) is 14.9 Å². The van der Waals surface area contributed by atoms with Gasteiger partial charge in [-0.05, 0) is 14.0 Å². The number of rotatable bonds is 4. The van der Waals surface area contributed by atoms with Crippen molar-refractivity contribution in [3.05, 3.63) is 17.7 Å². The lowest BCUT2D eigenvalue weighted by Crippen LogP contribution is -2.20. The van der Waals surface area contributed by atoms with E-state index in [1.165, 1.54) is 0 Å². The fourth-order valence-electron chi connectivity index (χ4n) is 0.995. The third kappa shape index (κ3) is 2.47. The Morgan fingerprint density at radius 3 is 3.00 bits per heavy atom. The first kappa shape index (κ1) is 8.93. The highest BCUT2D eigenvalue weighted by Gasteiger charge is 2.01. The van der Waals surface area contributed by atoms with E-state index < -0.39 is 0 Å². The molecular weight excluding hydrogens is 154 g/mol. The number of imidazole rings is 1. The van der Waals surface area contributed by atoms with E-state index in [0.717, 1.165) is 17.8 Å². The Morgan fingerprint density at radius 1 is 1.75 bits per heavy atom. The third-order valence-corrected chi connectivity index (χ3v) is 1.56. The van der Waals surface area contributed by atoms with Crippen molar-refractivity contribution in [2.24, 2.45) is 0 Å². The van der Waals surface area contributed by atoms with Crippen molar-refractivity contribution in [3.8, 4) is 0 Å². The number of hydrogen-bond acceptors (Lipinski definition) is 3. The van der Waals surface area contributed by atoms with Crippen molar-refractivity contribution in [2.45, 2.75) is 13.5 Å². The number of H-pyrrole nitrogens is 1. The van der Waals surface area contributed by atoms with Crippen LogP contribution >= 0.6 is 0 Å². The summed E-state index contributed by atoms with van der Waals surface area (Å²) in [5.41, 5.74) is 1.05. The van der Waals surface area contributed by atoms with Gasteiger partial charge in [-0.1, -0.05) is 0 Å². The summed E-state index contributed by atoms with van der Waals surface area (Å²) >= 11 is 0. The zero-order chi connectivity index (χ0) is 8.97. The monoisotopic (exact) mass is 167 g/mol. The molecule has 0 aliphatic rings. The first-order chi connectivity index (χ1) is 5.72. The van der Waals surface area contributed by atoms with Crippen LogP contribution in [0.3, 0.4) is 0 Å². The summed E-state index contributed by atoms with van der Waals surface area (Å²) in [7, 11) is 1.88. The van der Waals surface area contributed by atoms with Crippen molar-refractivity contribution in [3.63, 3.8) is 0 Å². The Hall–Kier alpha value is -1.16. The minimum Gasteiger partial charge on any atom is -0.345 e. The number of aldehydes is 1. The van der Waals surface area contributed by atoms with Gasteiger partial charge in [0.15, 0.2) is 0 Å². The Bertz CT molecular complexity index is 257.